The number of carbonyl (C=O) groups is 1. The van der Waals surface area contributed by atoms with Crippen molar-refractivity contribution in [2.45, 2.75) is 25.8 Å². The number of aromatic nitrogens is 2. The Morgan fingerprint density at radius 3 is 2.72 bits per heavy atom. The minimum atomic E-state index is 0. The van der Waals surface area contributed by atoms with E-state index >= 15 is 0 Å². The fourth-order valence-electron chi connectivity index (χ4n) is 4.12. The molecule has 2 aromatic heterocycles. The smallest absolute Gasteiger partial charge is 0.226 e. The van der Waals surface area contributed by atoms with Crippen LogP contribution >= 0.6 is 23.7 Å². The van der Waals surface area contributed by atoms with Crippen LogP contribution < -0.4 is 5.73 Å². The molecule has 2 atom stereocenters. The lowest BCUT2D eigenvalue weighted by Crippen LogP contribution is -2.36. The second-order valence-electron chi connectivity index (χ2n) is 7.49. The Morgan fingerprint density at radius 2 is 2.03 bits per heavy atom. The number of amides is 1. The Labute approximate surface area is 181 Å². The van der Waals surface area contributed by atoms with E-state index in [1.807, 2.05) is 59.2 Å². The van der Waals surface area contributed by atoms with Gasteiger partial charge in [-0.2, -0.15) is 5.10 Å². The van der Waals surface area contributed by atoms with Crippen LogP contribution in [0.4, 0.5) is 0 Å². The second kappa shape index (κ2) is 9.57. The second-order valence-corrected chi connectivity index (χ2v) is 8.44. The lowest BCUT2D eigenvalue weighted by molar-refractivity contribution is -0.135. The number of para-hydroxylation sites is 1. The minimum absolute atomic E-state index is 0. The van der Waals surface area contributed by atoms with E-state index in [1.165, 1.54) is 0 Å². The summed E-state index contributed by atoms with van der Waals surface area (Å²) in [6, 6.07) is 14.2. The Balaban J connectivity index is 0.00000240. The molecule has 0 bridgehead atoms. The van der Waals surface area contributed by atoms with E-state index in [4.69, 9.17) is 10.8 Å². The number of hydrogen-bond donors (Lipinski definition) is 1. The molecule has 29 heavy (non-hydrogen) atoms. The van der Waals surface area contributed by atoms with Gasteiger partial charge in [-0.25, -0.2) is 4.68 Å². The van der Waals surface area contributed by atoms with Crippen LogP contribution in [0.1, 0.15) is 24.8 Å². The Bertz CT molecular complexity index is 926. The number of halogens is 1. The summed E-state index contributed by atoms with van der Waals surface area (Å²) < 4.78 is 1.90. The first-order chi connectivity index (χ1) is 13.7. The monoisotopic (exact) mass is 430 g/mol. The van der Waals surface area contributed by atoms with Crippen molar-refractivity contribution in [1.82, 2.24) is 14.7 Å². The van der Waals surface area contributed by atoms with Crippen molar-refractivity contribution in [2.24, 2.45) is 17.6 Å². The molecule has 1 aromatic carbocycles. The molecule has 4 rings (SSSR count). The number of carbonyl (C=O) groups excluding carboxylic acids is 1. The summed E-state index contributed by atoms with van der Waals surface area (Å²) in [4.78, 5) is 16.0. The molecule has 1 fully saturated rings. The largest absolute Gasteiger partial charge is 0.341 e. The summed E-state index contributed by atoms with van der Waals surface area (Å²) in [6.45, 7) is 1.14. The molecule has 3 aromatic rings. The summed E-state index contributed by atoms with van der Waals surface area (Å²) >= 11 is 1.67. The average molecular weight is 431 g/mol. The van der Waals surface area contributed by atoms with E-state index < -0.39 is 0 Å². The molecule has 154 valence electrons. The highest BCUT2D eigenvalue weighted by molar-refractivity contribution is 7.13. The van der Waals surface area contributed by atoms with Gasteiger partial charge in [-0.05, 0) is 48.9 Å². The fourth-order valence-corrected chi connectivity index (χ4v) is 4.86. The van der Waals surface area contributed by atoms with Crippen molar-refractivity contribution in [3.63, 3.8) is 0 Å². The van der Waals surface area contributed by atoms with Crippen LogP contribution in [0.3, 0.4) is 0 Å². The number of benzene rings is 1. The fraction of sp³-hybridized carbons (Fsp3) is 0.364. The first-order valence-electron chi connectivity index (χ1n) is 9.80. The molecule has 0 saturated heterocycles. The van der Waals surface area contributed by atoms with Crippen molar-refractivity contribution in [3.05, 3.63) is 59.6 Å². The molecule has 2 heterocycles. The highest BCUT2D eigenvalue weighted by Gasteiger charge is 2.34. The predicted molar refractivity (Wildman–Crippen MR) is 120 cm³/mol. The van der Waals surface area contributed by atoms with Crippen LogP contribution in [0.2, 0.25) is 0 Å². The molecular formula is C22H27ClN4OS. The molecule has 0 unspecified atom stereocenters. The van der Waals surface area contributed by atoms with E-state index in [-0.39, 0.29) is 24.2 Å². The maximum Gasteiger partial charge on any atom is 0.226 e. The van der Waals surface area contributed by atoms with E-state index in [0.717, 1.165) is 41.1 Å². The zero-order valence-corrected chi connectivity index (χ0v) is 18.2. The van der Waals surface area contributed by atoms with Gasteiger partial charge in [0.25, 0.3) is 0 Å². The van der Waals surface area contributed by atoms with Gasteiger partial charge in [0.1, 0.15) is 5.69 Å². The number of hydrogen-bond acceptors (Lipinski definition) is 4. The van der Waals surface area contributed by atoms with Gasteiger partial charge in [-0.15, -0.1) is 23.7 Å². The molecule has 0 spiro atoms. The molecule has 7 heteroatoms. The minimum Gasteiger partial charge on any atom is -0.341 e. The SMILES string of the molecule is CN(Cc1cn(-c2ccccc2)nc1-c1cccs1)C(=O)[C@@H]1CCC[C@@H]1CN.Cl. The summed E-state index contributed by atoms with van der Waals surface area (Å²) in [5, 5.41) is 6.89. The standard InChI is InChI=1S/C22H26N4OS.ClH/c1-25(22(27)19-10-5-7-16(19)13-23)14-17-15-26(18-8-3-2-4-9-18)24-21(17)20-11-6-12-28-20;/h2-4,6,8-9,11-12,15-16,19H,5,7,10,13-14,23H2,1H3;1H/t16-,19-;/m1./s1. The highest BCUT2D eigenvalue weighted by atomic mass is 35.5. The molecular weight excluding hydrogens is 404 g/mol. The molecule has 5 nitrogen and oxygen atoms in total. The van der Waals surface area contributed by atoms with Crippen LogP contribution in [0.25, 0.3) is 16.3 Å². The number of nitrogens with zero attached hydrogens (tertiary/aromatic N) is 3. The van der Waals surface area contributed by atoms with Gasteiger partial charge in [0.2, 0.25) is 5.91 Å². The van der Waals surface area contributed by atoms with Crippen LogP contribution in [0.15, 0.2) is 54.0 Å². The molecule has 0 aliphatic heterocycles. The number of nitrogens with two attached hydrogens (primary N) is 1. The van der Waals surface area contributed by atoms with Gasteiger partial charge in [0.05, 0.1) is 10.6 Å². The molecule has 1 saturated carbocycles. The molecule has 1 amide bonds. The first kappa shape index (κ1) is 21.6. The molecule has 2 N–H and O–H groups in total. The molecule has 1 aliphatic carbocycles. The third kappa shape index (κ3) is 4.55. The number of thiophene rings is 1. The van der Waals surface area contributed by atoms with Crippen LogP contribution in [0, 0.1) is 11.8 Å². The summed E-state index contributed by atoms with van der Waals surface area (Å²) in [6.07, 6.45) is 5.15. The lowest BCUT2D eigenvalue weighted by atomic mass is 9.95. The topological polar surface area (TPSA) is 64.2 Å². The van der Waals surface area contributed by atoms with E-state index in [9.17, 15) is 4.79 Å². The quantitative estimate of drug-likeness (QED) is 0.632. The van der Waals surface area contributed by atoms with Crippen LogP contribution in [0.5, 0.6) is 0 Å². The maximum atomic E-state index is 13.0. The summed E-state index contributed by atoms with van der Waals surface area (Å²) in [5.74, 6) is 0.584. The predicted octanol–water partition coefficient (Wildman–Crippen LogP) is 4.36. The van der Waals surface area contributed by atoms with Crippen molar-refractivity contribution < 1.29 is 4.79 Å². The third-order valence-electron chi connectivity index (χ3n) is 5.63. The average Bonchev–Trinajstić information content (AvgIpc) is 3.47. The van der Waals surface area contributed by atoms with Crippen LogP contribution in [-0.4, -0.2) is 34.2 Å². The Hall–Kier alpha value is -2.15. The van der Waals surface area contributed by atoms with Gasteiger partial charge in [-0.3, -0.25) is 4.79 Å². The van der Waals surface area contributed by atoms with E-state index in [2.05, 4.69) is 11.4 Å². The first-order valence-corrected chi connectivity index (χ1v) is 10.7. The summed E-state index contributed by atoms with van der Waals surface area (Å²) in [7, 11) is 1.90. The molecule has 1 aliphatic rings. The maximum absolute atomic E-state index is 13.0. The van der Waals surface area contributed by atoms with Gasteiger partial charge in [0, 0.05) is 31.3 Å². The van der Waals surface area contributed by atoms with Crippen molar-refractivity contribution >= 4 is 29.7 Å². The highest BCUT2D eigenvalue weighted by Crippen LogP contribution is 2.33. The zero-order valence-electron chi connectivity index (χ0n) is 16.5. The molecule has 0 radical (unpaired) electrons. The number of rotatable bonds is 6. The van der Waals surface area contributed by atoms with Gasteiger partial charge in [0.15, 0.2) is 0 Å². The zero-order chi connectivity index (χ0) is 19.5. The summed E-state index contributed by atoms with van der Waals surface area (Å²) in [5.41, 5.74) is 8.91. The van der Waals surface area contributed by atoms with E-state index in [0.29, 0.717) is 19.0 Å². The van der Waals surface area contributed by atoms with Gasteiger partial charge < -0.3 is 10.6 Å². The van der Waals surface area contributed by atoms with Crippen molar-refractivity contribution in [1.29, 1.82) is 0 Å². The van der Waals surface area contributed by atoms with Gasteiger partial charge >= 0.3 is 0 Å². The Kier molecular flexibility index (Phi) is 7.11. The van der Waals surface area contributed by atoms with Crippen LogP contribution in [-0.2, 0) is 11.3 Å². The third-order valence-corrected chi connectivity index (χ3v) is 6.50. The van der Waals surface area contributed by atoms with Crippen molar-refractivity contribution in [2.75, 3.05) is 13.6 Å². The normalized spacial score (nSPS) is 18.4. The Morgan fingerprint density at radius 1 is 1.24 bits per heavy atom. The lowest BCUT2D eigenvalue weighted by Gasteiger charge is -2.24. The van der Waals surface area contributed by atoms with E-state index in [1.54, 1.807) is 11.3 Å². The van der Waals surface area contributed by atoms with Gasteiger partial charge in [-0.1, -0.05) is 30.7 Å². The van der Waals surface area contributed by atoms with Crippen molar-refractivity contribution in [3.8, 4) is 16.3 Å².